The molecule has 7 heteroatoms. The van der Waals surface area contributed by atoms with E-state index in [0.29, 0.717) is 5.69 Å². The van der Waals surface area contributed by atoms with E-state index in [2.05, 4.69) is 31.9 Å². The van der Waals surface area contributed by atoms with Crippen LogP contribution in [-0.2, 0) is 4.79 Å². The standard InChI is InChI=1S/C24H27N5O2/c30-23(12-14-26-24(31)27-18-7-3-1-4-8-18)28-21-9-10-22(29-15-5-2-6-16-29)19-11-13-25-17-20(19)21/h1,3-4,7-11,13,17H,2,5-6,12,14-16H2,(H,28,30)(H2,26,27,31). The molecule has 160 valence electrons. The van der Waals surface area contributed by atoms with Crippen molar-refractivity contribution in [2.24, 2.45) is 0 Å². The molecule has 0 bridgehead atoms. The van der Waals surface area contributed by atoms with Gasteiger partial charge in [-0.15, -0.1) is 0 Å². The summed E-state index contributed by atoms with van der Waals surface area (Å²) in [6, 6.07) is 14.9. The number of hydrogen-bond acceptors (Lipinski definition) is 4. The van der Waals surface area contributed by atoms with Crippen molar-refractivity contribution in [3.8, 4) is 0 Å². The first kappa shape index (κ1) is 20.7. The zero-order valence-corrected chi connectivity index (χ0v) is 17.4. The third-order valence-electron chi connectivity index (χ3n) is 5.44. The van der Waals surface area contributed by atoms with Gasteiger partial charge in [0.05, 0.1) is 5.69 Å². The first-order valence-corrected chi connectivity index (χ1v) is 10.7. The molecule has 1 aliphatic heterocycles. The molecular weight excluding hydrogens is 390 g/mol. The minimum atomic E-state index is -0.334. The number of carbonyl (C=O) groups is 2. The first-order valence-electron chi connectivity index (χ1n) is 10.7. The molecule has 2 aromatic carbocycles. The fraction of sp³-hybridized carbons (Fsp3) is 0.292. The third-order valence-corrected chi connectivity index (χ3v) is 5.44. The summed E-state index contributed by atoms with van der Waals surface area (Å²) in [4.78, 5) is 31.1. The van der Waals surface area contributed by atoms with Gasteiger partial charge in [0.1, 0.15) is 0 Å². The van der Waals surface area contributed by atoms with Crippen molar-refractivity contribution in [1.82, 2.24) is 10.3 Å². The highest BCUT2D eigenvalue weighted by Gasteiger charge is 2.16. The quantitative estimate of drug-likeness (QED) is 0.556. The Balaban J connectivity index is 1.36. The third kappa shape index (κ3) is 5.31. The Labute approximate surface area is 181 Å². The van der Waals surface area contributed by atoms with E-state index in [4.69, 9.17) is 0 Å². The summed E-state index contributed by atoms with van der Waals surface area (Å²) in [7, 11) is 0. The number of hydrogen-bond donors (Lipinski definition) is 3. The molecule has 0 aliphatic carbocycles. The van der Waals surface area contributed by atoms with Crippen LogP contribution in [0.25, 0.3) is 10.8 Å². The lowest BCUT2D eigenvalue weighted by Gasteiger charge is -2.30. The molecule has 7 nitrogen and oxygen atoms in total. The van der Waals surface area contributed by atoms with Gasteiger partial charge in [0.25, 0.3) is 0 Å². The predicted octanol–water partition coefficient (Wildman–Crippen LogP) is 4.38. The lowest BCUT2D eigenvalue weighted by Crippen LogP contribution is -2.31. The van der Waals surface area contributed by atoms with Crippen LogP contribution < -0.4 is 20.9 Å². The van der Waals surface area contributed by atoms with E-state index in [1.165, 1.54) is 24.9 Å². The number of amides is 3. The van der Waals surface area contributed by atoms with E-state index in [9.17, 15) is 9.59 Å². The number of nitrogens with one attached hydrogen (secondary N) is 3. The summed E-state index contributed by atoms with van der Waals surface area (Å²) in [6.07, 6.45) is 7.45. The lowest BCUT2D eigenvalue weighted by molar-refractivity contribution is -0.116. The van der Waals surface area contributed by atoms with Crippen molar-refractivity contribution < 1.29 is 9.59 Å². The van der Waals surface area contributed by atoms with Crippen LogP contribution in [0, 0.1) is 0 Å². The molecule has 1 aliphatic rings. The number of piperidine rings is 1. The minimum Gasteiger partial charge on any atom is -0.371 e. The topological polar surface area (TPSA) is 86.4 Å². The predicted molar refractivity (Wildman–Crippen MR) is 125 cm³/mol. The van der Waals surface area contributed by atoms with Gasteiger partial charge >= 0.3 is 6.03 Å². The van der Waals surface area contributed by atoms with E-state index < -0.39 is 0 Å². The zero-order valence-electron chi connectivity index (χ0n) is 17.4. The number of benzene rings is 2. The summed E-state index contributed by atoms with van der Waals surface area (Å²) in [5, 5.41) is 10.4. The molecule has 0 atom stereocenters. The highest BCUT2D eigenvalue weighted by molar-refractivity contribution is 6.06. The monoisotopic (exact) mass is 417 g/mol. The zero-order chi connectivity index (χ0) is 21.5. The molecule has 3 amide bonds. The van der Waals surface area contributed by atoms with E-state index in [1.807, 2.05) is 30.3 Å². The summed E-state index contributed by atoms with van der Waals surface area (Å²) in [5.41, 5.74) is 2.63. The Morgan fingerprint density at radius 2 is 1.71 bits per heavy atom. The SMILES string of the molecule is O=C(CCNC(=O)Nc1ccccc1)Nc1ccc(N2CCCCC2)c2ccncc12. The van der Waals surface area contributed by atoms with Crippen LogP contribution >= 0.6 is 0 Å². The fourth-order valence-electron chi connectivity index (χ4n) is 3.89. The Bertz CT molecular complexity index is 1050. The Kier molecular flexibility index (Phi) is 6.62. The maximum Gasteiger partial charge on any atom is 0.319 e. The number of nitrogens with zero attached hydrogens (tertiary/aromatic N) is 2. The van der Waals surface area contributed by atoms with Crippen molar-refractivity contribution in [1.29, 1.82) is 0 Å². The maximum atomic E-state index is 12.5. The van der Waals surface area contributed by atoms with Gasteiger partial charge < -0.3 is 20.9 Å². The molecule has 4 rings (SSSR count). The second-order valence-corrected chi connectivity index (χ2v) is 7.65. The molecule has 0 spiro atoms. The average molecular weight is 418 g/mol. The van der Waals surface area contributed by atoms with Gasteiger partial charge in [-0.3, -0.25) is 9.78 Å². The summed E-state index contributed by atoms with van der Waals surface area (Å²) in [6.45, 7) is 2.35. The maximum absolute atomic E-state index is 12.5. The average Bonchev–Trinajstić information content (AvgIpc) is 2.80. The number of para-hydroxylation sites is 1. The van der Waals surface area contributed by atoms with E-state index in [1.54, 1.807) is 24.5 Å². The number of carbonyl (C=O) groups excluding carboxylic acids is 2. The molecule has 1 fully saturated rings. The van der Waals surface area contributed by atoms with Crippen LogP contribution in [0.1, 0.15) is 25.7 Å². The number of anilines is 3. The van der Waals surface area contributed by atoms with Crippen LogP contribution in [0.4, 0.5) is 21.9 Å². The Morgan fingerprint density at radius 3 is 2.52 bits per heavy atom. The number of aromatic nitrogens is 1. The van der Waals surface area contributed by atoms with E-state index in [0.717, 1.165) is 29.5 Å². The first-order chi connectivity index (χ1) is 15.2. The summed E-state index contributed by atoms with van der Waals surface area (Å²) >= 11 is 0. The van der Waals surface area contributed by atoms with Gasteiger partial charge in [-0.25, -0.2) is 4.79 Å². The summed E-state index contributed by atoms with van der Waals surface area (Å²) < 4.78 is 0. The van der Waals surface area contributed by atoms with Gasteiger partial charge in [0.15, 0.2) is 0 Å². The van der Waals surface area contributed by atoms with Crippen LogP contribution in [0.2, 0.25) is 0 Å². The number of urea groups is 1. The van der Waals surface area contributed by atoms with Gasteiger partial charge in [0.2, 0.25) is 5.91 Å². The molecule has 3 aromatic rings. The molecular formula is C24H27N5O2. The van der Waals surface area contributed by atoms with Gasteiger partial charge in [-0.1, -0.05) is 18.2 Å². The molecule has 2 heterocycles. The Morgan fingerprint density at radius 1 is 0.903 bits per heavy atom. The van der Waals surface area contributed by atoms with Gasteiger partial charge in [-0.05, 0) is 49.6 Å². The normalized spacial score (nSPS) is 13.6. The molecule has 0 unspecified atom stereocenters. The van der Waals surface area contributed by atoms with Crippen molar-refractivity contribution in [2.45, 2.75) is 25.7 Å². The number of fused-ring (bicyclic) bond motifs is 1. The fourth-order valence-corrected chi connectivity index (χ4v) is 3.89. The van der Waals surface area contributed by atoms with Crippen LogP contribution in [0.15, 0.2) is 60.9 Å². The Hall–Kier alpha value is -3.61. The van der Waals surface area contributed by atoms with Crippen LogP contribution in [0.5, 0.6) is 0 Å². The molecule has 0 radical (unpaired) electrons. The van der Waals surface area contributed by atoms with Crippen LogP contribution in [0.3, 0.4) is 0 Å². The molecule has 3 N–H and O–H groups in total. The van der Waals surface area contributed by atoms with Crippen molar-refractivity contribution in [3.63, 3.8) is 0 Å². The highest BCUT2D eigenvalue weighted by Crippen LogP contribution is 2.33. The molecule has 1 saturated heterocycles. The lowest BCUT2D eigenvalue weighted by atomic mass is 10.0. The van der Waals surface area contributed by atoms with Crippen molar-refractivity contribution >= 4 is 39.8 Å². The molecule has 31 heavy (non-hydrogen) atoms. The number of pyridine rings is 1. The van der Waals surface area contributed by atoms with E-state index in [-0.39, 0.29) is 24.9 Å². The van der Waals surface area contributed by atoms with Gasteiger partial charge in [0, 0.05) is 60.6 Å². The van der Waals surface area contributed by atoms with Crippen molar-refractivity contribution in [2.75, 3.05) is 35.2 Å². The minimum absolute atomic E-state index is 0.157. The second-order valence-electron chi connectivity index (χ2n) is 7.65. The van der Waals surface area contributed by atoms with E-state index >= 15 is 0 Å². The van der Waals surface area contributed by atoms with Crippen LogP contribution in [-0.4, -0.2) is 36.6 Å². The second kappa shape index (κ2) is 9.93. The van der Waals surface area contributed by atoms with Crippen molar-refractivity contribution in [3.05, 3.63) is 60.9 Å². The highest BCUT2D eigenvalue weighted by atomic mass is 16.2. The summed E-state index contributed by atoms with van der Waals surface area (Å²) in [5.74, 6) is -0.157. The van der Waals surface area contributed by atoms with Gasteiger partial charge in [-0.2, -0.15) is 0 Å². The smallest absolute Gasteiger partial charge is 0.319 e. The largest absolute Gasteiger partial charge is 0.371 e. The molecule has 0 saturated carbocycles. The number of rotatable bonds is 6. The molecule has 1 aromatic heterocycles.